The first kappa shape index (κ1) is 19.3. The highest BCUT2D eigenvalue weighted by Gasteiger charge is 2.09. The Morgan fingerprint density at radius 3 is 2.07 bits per heavy atom. The third-order valence-electron chi connectivity index (χ3n) is 3.84. The van der Waals surface area contributed by atoms with Crippen molar-refractivity contribution in [2.45, 2.75) is 0 Å². The number of nitrogens with one attached hydrogen (secondary N) is 3. The number of hydrogen-bond donors (Lipinski definition) is 3. The molecule has 142 valence electrons. The summed E-state index contributed by atoms with van der Waals surface area (Å²) in [7, 11) is 1.32. The summed E-state index contributed by atoms with van der Waals surface area (Å²) in [5.41, 5.74) is 3.06. The maximum Gasteiger partial charge on any atom is 0.337 e. The van der Waals surface area contributed by atoms with Crippen LogP contribution in [0.25, 0.3) is 0 Å². The van der Waals surface area contributed by atoms with Crippen molar-refractivity contribution in [3.63, 3.8) is 0 Å². The van der Waals surface area contributed by atoms with Gasteiger partial charge in [0.1, 0.15) is 0 Å². The van der Waals surface area contributed by atoms with Gasteiger partial charge >= 0.3 is 12.0 Å². The molecule has 0 atom stereocenters. The third kappa shape index (κ3) is 5.02. The van der Waals surface area contributed by atoms with Crippen LogP contribution in [0.1, 0.15) is 10.4 Å². The molecule has 2 amide bonds. The van der Waals surface area contributed by atoms with E-state index in [4.69, 9.17) is 16.3 Å². The van der Waals surface area contributed by atoms with Crippen LogP contribution in [0.3, 0.4) is 0 Å². The van der Waals surface area contributed by atoms with Crippen LogP contribution >= 0.6 is 11.6 Å². The highest BCUT2D eigenvalue weighted by molar-refractivity contribution is 6.33. The summed E-state index contributed by atoms with van der Waals surface area (Å²) in [6.07, 6.45) is 0. The van der Waals surface area contributed by atoms with Crippen LogP contribution < -0.4 is 16.0 Å². The molecule has 0 saturated heterocycles. The number of halogens is 1. The molecule has 3 aromatic rings. The molecule has 0 aliphatic rings. The van der Waals surface area contributed by atoms with Crippen LogP contribution in [0.5, 0.6) is 0 Å². The van der Waals surface area contributed by atoms with Gasteiger partial charge in [0.2, 0.25) is 0 Å². The number of hydrogen-bond acceptors (Lipinski definition) is 4. The van der Waals surface area contributed by atoms with Gasteiger partial charge in [0.05, 0.1) is 23.4 Å². The number of para-hydroxylation sites is 1. The Morgan fingerprint density at radius 1 is 0.821 bits per heavy atom. The second kappa shape index (κ2) is 8.92. The monoisotopic (exact) mass is 395 g/mol. The second-order valence-corrected chi connectivity index (χ2v) is 6.24. The summed E-state index contributed by atoms with van der Waals surface area (Å²) in [5.74, 6) is -0.441. The van der Waals surface area contributed by atoms with Gasteiger partial charge in [-0.3, -0.25) is 0 Å². The van der Waals surface area contributed by atoms with E-state index in [1.54, 1.807) is 54.6 Å². The zero-order chi connectivity index (χ0) is 19.9. The lowest BCUT2D eigenvalue weighted by molar-refractivity contribution is 0.0601. The average molecular weight is 396 g/mol. The molecular weight excluding hydrogens is 378 g/mol. The van der Waals surface area contributed by atoms with E-state index in [1.165, 1.54) is 7.11 Å². The summed E-state index contributed by atoms with van der Waals surface area (Å²) in [4.78, 5) is 23.7. The van der Waals surface area contributed by atoms with Crippen molar-refractivity contribution < 1.29 is 14.3 Å². The Morgan fingerprint density at radius 2 is 1.43 bits per heavy atom. The fraction of sp³-hybridized carbons (Fsp3) is 0.0476. The molecule has 7 heteroatoms. The Bertz CT molecular complexity index is 976. The number of carbonyl (C=O) groups is 2. The van der Waals surface area contributed by atoms with E-state index < -0.39 is 5.97 Å². The number of anilines is 4. The van der Waals surface area contributed by atoms with Crippen LogP contribution in [-0.4, -0.2) is 19.1 Å². The lowest BCUT2D eigenvalue weighted by atomic mass is 10.2. The number of methoxy groups -OCH3 is 1. The lowest BCUT2D eigenvalue weighted by Gasteiger charge is -2.11. The van der Waals surface area contributed by atoms with Gasteiger partial charge in [-0.25, -0.2) is 9.59 Å². The fourth-order valence-electron chi connectivity index (χ4n) is 2.47. The van der Waals surface area contributed by atoms with Crippen LogP contribution in [0.15, 0.2) is 72.8 Å². The Kier molecular flexibility index (Phi) is 6.14. The minimum absolute atomic E-state index is 0.333. The van der Waals surface area contributed by atoms with Crippen molar-refractivity contribution in [3.05, 3.63) is 83.4 Å². The fourth-order valence-corrected chi connectivity index (χ4v) is 2.64. The highest BCUT2D eigenvalue weighted by Crippen LogP contribution is 2.27. The van der Waals surface area contributed by atoms with Gasteiger partial charge in [0.25, 0.3) is 0 Å². The number of rotatable bonds is 5. The first-order valence-electron chi connectivity index (χ1n) is 8.43. The van der Waals surface area contributed by atoms with Crippen molar-refractivity contribution >= 4 is 46.4 Å². The molecule has 0 spiro atoms. The molecule has 0 aromatic heterocycles. The van der Waals surface area contributed by atoms with E-state index >= 15 is 0 Å². The first-order chi connectivity index (χ1) is 13.5. The summed E-state index contributed by atoms with van der Waals surface area (Å²) in [6, 6.07) is 20.8. The molecule has 0 heterocycles. The van der Waals surface area contributed by atoms with Gasteiger partial charge in [-0.15, -0.1) is 0 Å². The number of esters is 1. The zero-order valence-corrected chi connectivity index (χ0v) is 15.8. The number of benzene rings is 3. The van der Waals surface area contributed by atoms with Crippen LogP contribution in [0.4, 0.5) is 27.5 Å². The quantitative estimate of drug-likeness (QED) is 0.497. The van der Waals surface area contributed by atoms with Crippen molar-refractivity contribution in [1.82, 2.24) is 0 Å². The summed E-state index contributed by atoms with van der Waals surface area (Å²) in [5, 5.41) is 9.12. The van der Waals surface area contributed by atoms with Crippen LogP contribution in [0, 0.1) is 0 Å². The minimum Gasteiger partial charge on any atom is -0.465 e. The predicted molar refractivity (Wildman–Crippen MR) is 112 cm³/mol. The van der Waals surface area contributed by atoms with Gasteiger partial charge < -0.3 is 20.7 Å². The van der Waals surface area contributed by atoms with Gasteiger partial charge in [-0.05, 0) is 54.6 Å². The Hall–Kier alpha value is -3.51. The molecule has 0 saturated carbocycles. The lowest BCUT2D eigenvalue weighted by Crippen LogP contribution is -2.19. The second-order valence-electron chi connectivity index (χ2n) is 5.83. The first-order valence-corrected chi connectivity index (χ1v) is 8.81. The summed E-state index contributed by atoms with van der Waals surface area (Å²) in [6.45, 7) is 0. The SMILES string of the molecule is COC(=O)c1ccc(Cl)c(Nc2ccc(NC(=O)Nc3ccccc3)cc2)c1. The van der Waals surface area contributed by atoms with Gasteiger partial charge in [-0.1, -0.05) is 29.8 Å². The Labute approximate surface area is 167 Å². The van der Waals surface area contributed by atoms with E-state index in [9.17, 15) is 9.59 Å². The number of amides is 2. The molecule has 0 radical (unpaired) electrons. The van der Waals surface area contributed by atoms with Crippen molar-refractivity contribution in [3.8, 4) is 0 Å². The molecule has 3 aromatic carbocycles. The van der Waals surface area contributed by atoms with Gasteiger partial charge in [0.15, 0.2) is 0 Å². The van der Waals surface area contributed by atoms with E-state index in [0.717, 1.165) is 5.69 Å². The maximum atomic E-state index is 12.0. The minimum atomic E-state index is -0.441. The largest absolute Gasteiger partial charge is 0.465 e. The van der Waals surface area contributed by atoms with E-state index in [-0.39, 0.29) is 6.03 Å². The van der Waals surface area contributed by atoms with Crippen molar-refractivity contribution in [2.75, 3.05) is 23.1 Å². The number of ether oxygens (including phenoxy) is 1. The summed E-state index contributed by atoms with van der Waals surface area (Å²) < 4.78 is 4.72. The van der Waals surface area contributed by atoms with Crippen molar-refractivity contribution in [1.29, 1.82) is 0 Å². The normalized spacial score (nSPS) is 10.1. The van der Waals surface area contributed by atoms with Crippen molar-refractivity contribution in [2.24, 2.45) is 0 Å². The third-order valence-corrected chi connectivity index (χ3v) is 4.17. The highest BCUT2D eigenvalue weighted by atomic mass is 35.5. The maximum absolute atomic E-state index is 12.0. The molecule has 0 fully saturated rings. The van der Waals surface area contributed by atoms with Gasteiger partial charge in [-0.2, -0.15) is 0 Å². The predicted octanol–water partition coefficient (Wildman–Crippen LogP) is 5.51. The Balaban J connectivity index is 1.65. The van der Waals surface area contributed by atoms with Gasteiger partial charge in [0, 0.05) is 17.1 Å². The molecule has 0 bridgehead atoms. The standard InChI is InChI=1S/C21H18ClN3O3/c1-28-20(26)14-7-12-18(22)19(13-14)23-16-8-10-17(11-9-16)25-21(27)24-15-5-3-2-4-6-15/h2-13,23H,1H3,(H2,24,25,27). The molecular formula is C21H18ClN3O3. The van der Waals surface area contributed by atoms with E-state index in [2.05, 4.69) is 16.0 Å². The molecule has 0 unspecified atom stereocenters. The molecule has 3 rings (SSSR count). The molecule has 3 N–H and O–H groups in total. The number of carbonyl (C=O) groups excluding carboxylic acids is 2. The average Bonchev–Trinajstić information content (AvgIpc) is 2.71. The topological polar surface area (TPSA) is 79.5 Å². The summed E-state index contributed by atoms with van der Waals surface area (Å²) >= 11 is 6.19. The molecule has 6 nitrogen and oxygen atoms in total. The van der Waals surface area contributed by atoms with E-state index in [0.29, 0.717) is 27.6 Å². The number of urea groups is 1. The van der Waals surface area contributed by atoms with Crippen LogP contribution in [0.2, 0.25) is 5.02 Å². The van der Waals surface area contributed by atoms with E-state index in [1.807, 2.05) is 18.2 Å². The molecule has 28 heavy (non-hydrogen) atoms. The molecule has 0 aliphatic heterocycles. The molecule has 0 aliphatic carbocycles. The smallest absolute Gasteiger partial charge is 0.337 e. The van der Waals surface area contributed by atoms with Crippen LogP contribution in [-0.2, 0) is 4.74 Å². The zero-order valence-electron chi connectivity index (χ0n) is 15.0.